The van der Waals surface area contributed by atoms with E-state index in [4.69, 9.17) is 9.47 Å². The first-order chi connectivity index (χ1) is 13.0. The Bertz CT molecular complexity index is 744. The van der Waals surface area contributed by atoms with E-state index in [0.29, 0.717) is 11.6 Å². The maximum absolute atomic E-state index is 12.3. The summed E-state index contributed by atoms with van der Waals surface area (Å²) in [5.41, 5.74) is 0.481. The molecule has 1 aliphatic heterocycles. The van der Waals surface area contributed by atoms with Crippen LogP contribution in [0.3, 0.4) is 0 Å². The van der Waals surface area contributed by atoms with E-state index in [1.807, 2.05) is 18.2 Å². The van der Waals surface area contributed by atoms with E-state index in [1.165, 1.54) is 6.42 Å². The number of Topliss-reactive ketones (excluding diaryl/α,β-unsaturated/α-hetero) is 1. The molecule has 0 radical (unpaired) electrons. The fourth-order valence-electron chi connectivity index (χ4n) is 3.35. The molecule has 1 saturated carbocycles. The highest BCUT2D eigenvalue weighted by atomic mass is 16.5. The van der Waals surface area contributed by atoms with Crippen molar-refractivity contribution in [3.05, 3.63) is 41.8 Å². The molecule has 0 saturated heterocycles. The molecular formula is C20H24N2O5. The molecule has 1 heterocycles. The van der Waals surface area contributed by atoms with Gasteiger partial charge in [-0.05, 0) is 30.9 Å². The molecule has 0 aromatic heterocycles. The van der Waals surface area contributed by atoms with Crippen molar-refractivity contribution in [2.45, 2.75) is 38.6 Å². The number of hydrogen-bond donors (Lipinski definition) is 2. The standard InChI is InChI=1S/C20H24N2O5/c1-13-7-5-6-10-15(13)22-17(24)12-27-20(25)18-16(23)11-26-19(18)21-14-8-3-2-4-9-14/h2-4,8-9,13,15,21H,5-7,10-12H2,1H3,(H,22,24)/t13-,15-/m1/s1. The molecule has 1 aliphatic carbocycles. The number of nitrogens with one attached hydrogen (secondary N) is 2. The van der Waals surface area contributed by atoms with Crippen LogP contribution in [0.4, 0.5) is 5.69 Å². The maximum Gasteiger partial charge on any atom is 0.347 e. The quantitative estimate of drug-likeness (QED) is 0.587. The molecule has 7 nitrogen and oxygen atoms in total. The minimum absolute atomic E-state index is 0.0533. The van der Waals surface area contributed by atoms with Crippen LogP contribution in [0.2, 0.25) is 0 Å². The lowest BCUT2D eigenvalue weighted by Crippen LogP contribution is -2.43. The minimum Gasteiger partial charge on any atom is -0.470 e. The second-order valence-corrected chi connectivity index (χ2v) is 6.92. The van der Waals surface area contributed by atoms with Crippen molar-refractivity contribution in [2.24, 2.45) is 5.92 Å². The zero-order chi connectivity index (χ0) is 19.2. The molecule has 3 rings (SSSR count). The van der Waals surface area contributed by atoms with E-state index < -0.39 is 18.4 Å². The highest BCUT2D eigenvalue weighted by molar-refractivity contribution is 6.20. The van der Waals surface area contributed by atoms with Gasteiger partial charge in [-0.2, -0.15) is 0 Å². The summed E-state index contributed by atoms with van der Waals surface area (Å²) in [6.45, 7) is 1.46. The molecule has 1 aromatic rings. The van der Waals surface area contributed by atoms with Gasteiger partial charge in [-0.15, -0.1) is 0 Å². The number of carbonyl (C=O) groups is 3. The lowest BCUT2D eigenvalue weighted by atomic mass is 9.86. The zero-order valence-corrected chi connectivity index (χ0v) is 15.3. The highest BCUT2D eigenvalue weighted by Crippen LogP contribution is 2.24. The van der Waals surface area contributed by atoms with E-state index >= 15 is 0 Å². The summed E-state index contributed by atoms with van der Waals surface area (Å²) in [6, 6.07) is 9.14. The number of anilines is 1. The summed E-state index contributed by atoms with van der Waals surface area (Å²) in [6.07, 6.45) is 4.28. The smallest absolute Gasteiger partial charge is 0.347 e. The van der Waals surface area contributed by atoms with Crippen LogP contribution in [-0.2, 0) is 23.9 Å². The Hall–Kier alpha value is -2.83. The monoisotopic (exact) mass is 372 g/mol. The minimum atomic E-state index is -0.859. The van der Waals surface area contributed by atoms with Gasteiger partial charge in [0, 0.05) is 11.7 Å². The Morgan fingerprint density at radius 2 is 1.93 bits per heavy atom. The molecule has 0 spiro atoms. The van der Waals surface area contributed by atoms with Crippen molar-refractivity contribution in [1.29, 1.82) is 0 Å². The molecule has 1 fully saturated rings. The van der Waals surface area contributed by atoms with Gasteiger partial charge in [-0.1, -0.05) is 38.0 Å². The summed E-state index contributed by atoms with van der Waals surface area (Å²) in [7, 11) is 0. The summed E-state index contributed by atoms with van der Waals surface area (Å²) in [5, 5.41) is 5.81. The van der Waals surface area contributed by atoms with Crippen molar-refractivity contribution in [3.8, 4) is 0 Å². The zero-order valence-electron chi connectivity index (χ0n) is 15.3. The van der Waals surface area contributed by atoms with Crippen LogP contribution in [0.25, 0.3) is 0 Å². The average molecular weight is 372 g/mol. The topological polar surface area (TPSA) is 93.7 Å². The highest BCUT2D eigenvalue weighted by Gasteiger charge is 2.33. The largest absolute Gasteiger partial charge is 0.470 e. The van der Waals surface area contributed by atoms with E-state index in [-0.39, 0.29) is 30.0 Å². The van der Waals surface area contributed by atoms with E-state index in [0.717, 1.165) is 19.3 Å². The molecule has 27 heavy (non-hydrogen) atoms. The summed E-state index contributed by atoms with van der Waals surface area (Å²) < 4.78 is 10.3. The second kappa shape index (κ2) is 8.70. The fourth-order valence-corrected chi connectivity index (χ4v) is 3.35. The van der Waals surface area contributed by atoms with E-state index in [2.05, 4.69) is 17.6 Å². The number of benzene rings is 1. The first kappa shape index (κ1) is 18.9. The summed E-state index contributed by atoms with van der Waals surface area (Å²) >= 11 is 0. The molecule has 2 atom stereocenters. The summed E-state index contributed by atoms with van der Waals surface area (Å²) in [5.74, 6) is -1.22. The lowest BCUT2D eigenvalue weighted by Gasteiger charge is -2.29. The third kappa shape index (κ3) is 4.87. The van der Waals surface area contributed by atoms with Gasteiger partial charge in [0.05, 0.1) is 0 Å². The molecule has 0 unspecified atom stereocenters. The van der Waals surface area contributed by atoms with Crippen molar-refractivity contribution in [3.63, 3.8) is 0 Å². The Morgan fingerprint density at radius 3 is 2.67 bits per heavy atom. The van der Waals surface area contributed by atoms with Gasteiger partial charge in [0.1, 0.15) is 0 Å². The first-order valence-corrected chi connectivity index (χ1v) is 9.23. The molecule has 2 aliphatic rings. The second-order valence-electron chi connectivity index (χ2n) is 6.92. The van der Waals surface area contributed by atoms with Crippen LogP contribution >= 0.6 is 0 Å². The van der Waals surface area contributed by atoms with Crippen LogP contribution in [-0.4, -0.2) is 36.9 Å². The number of ketones is 1. The third-order valence-corrected chi connectivity index (χ3v) is 4.88. The van der Waals surface area contributed by atoms with E-state index in [9.17, 15) is 14.4 Å². The van der Waals surface area contributed by atoms with Crippen molar-refractivity contribution >= 4 is 23.3 Å². The third-order valence-electron chi connectivity index (χ3n) is 4.88. The molecule has 1 amide bonds. The van der Waals surface area contributed by atoms with Gasteiger partial charge in [0.2, 0.25) is 11.7 Å². The van der Waals surface area contributed by atoms with Gasteiger partial charge < -0.3 is 20.1 Å². The number of carbonyl (C=O) groups excluding carboxylic acids is 3. The molecule has 144 valence electrons. The van der Waals surface area contributed by atoms with Crippen molar-refractivity contribution < 1.29 is 23.9 Å². The van der Waals surface area contributed by atoms with Gasteiger partial charge in [0.25, 0.3) is 5.91 Å². The SMILES string of the molecule is C[C@@H]1CCCC[C@H]1NC(=O)COC(=O)C1=C(Nc2ccccc2)OCC1=O. The molecule has 2 N–H and O–H groups in total. The maximum atomic E-state index is 12.3. The molecular weight excluding hydrogens is 348 g/mol. The predicted molar refractivity (Wildman–Crippen MR) is 98.6 cm³/mol. The average Bonchev–Trinajstić information content (AvgIpc) is 3.03. The van der Waals surface area contributed by atoms with Gasteiger partial charge in [-0.3, -0.25) is 9.59 Å². The number of hydrogen-bond acceptors (Lipinski definition) is 6. The molecule has 1 aromatic carbocycles. The first-order valence-electron chi connectivity index (χ1n) is 9.23. The lowest BCUT2D eigenvalue weighted by molar-refractivity contribution is -0.146. The van der Waals surface area contributed by atoms with Crippen molar-refractivity contribution in [2.75, 3.05) is 18.5 Å². The van der Waals surface area contributed by atoms with Gasteiger partial charge >= 0.3 is 5.97 Å². The van der Waals surface area contributed by atoms with Crippen LogP contribution < -0.4 is 10.6 Å². The normalized spacial score (nSPS) is 22.2. The number of amides is 1. The number of para-hydroxylation sites is 1. The fraction of sp³-hybridized carbons (Fsp3) is 0.450. The summed E-state index contributed by atoms with van der Waals surface area (Å²) in [4.78, 5) is 36.4. The Morgan fingerprint density at radius 1 is 1.19 bits per heavy atom. The van der Waals surface area contributed by atoms with Gasteiger partial charge in [-0.25, -0.2) is 4.79 Å². The predicted octanol–water partition coefficient (Wildman–Crippen LogP) is 2.15. The van der Waals surface area contributed by atoms with Crippen LogP contribution in [0, 0.1) is 5.92 Å². The number of ether oxygens (including phenoxy) is 2. The van der Waals surface area contributed by atoms with Crippen LogP contribution in [0.5, 0.6) is 0 Å². The van der Waals surface area contributed by atoms with Crippen LogP contribution in [0.1, 0.15) is 32.6 Å². The van der Waals surface area contributed by atoms with E-state index in [1.54, 1.807) is 12.1 Å². The Kier molecular flexibility index (Phi) is 6.11. The number of esters is 1. The van der Waals surface area contributed by atoms with Gasteiger partial charge in [0.15, 0.2) is 18.8 Å². The van der Waals surface area contributed by atoms with Crippen LogP contribution in [0.15, 0.2) is 41.8 Å². The molecule has 7 heteroatoms. The van der Waals surface area contributed by atoms with Crippen molar-refractivity contribution in [1.82, 2.24) is 5.32 Å². The Balaban J connectivity index is 1.57. The number of rotatable bonds is 6. The molecule has 0 bridgehead atoms. The Labute approximate surface area is 158 Å².